The zero-order chi connectivity index (χ0) is 18.7. The molecule has 1 aromatic carbocycles. The lowest BCUT2D eigenvalue weighted by molar-refractivity contribution is 0.0990. The number of hydrogen-bond donors (Lipinski definition) is 0. The quantitative estimate of drug-likeness (QED) is 0.381. The first-order chi connectivity index (χ1) is 12.3. The van der Waals surface area contributed by atoms with E-state index in [0.717, 1.165) is 15.1 Å². The molecule has 0 atom stereocenters. The number of aromatic nitrogens is 1. The molecule has 0 bridgehead atoms. The molecule has 0 saturated carbocycles. The second kappa shape index (κ2) is 6.08. The second-order valence-electron chi connectivity index (χ2n) is 6.71. The number of rotatable bonds is 2. The molecule has 0 fully saturated rings. The van der Waals surface area contributed by atoms with Gasteiger partial charge in [-0.1, -0.05) is 37.0 Å². The van der Waals surface area contributed by atoms with Crippen LogP contribution in [0.1, 0.15) is 51.1 Å². The fourth-order valence-corrected chi connectivity index (χ4v) is 4.77. The molecule has 2 aromatic heterocycles. The van der Waals surface area contributed by atoms with Crippen molar-refractivity contribution in [1.29, 1.82) is 0 Å². The van der Waals surface area contributed by atoms with Gasteiger partial charge in [-0.05, 0) is 36.3 Å². The summed E-state index contributed by atoms with van der Waals surface area (Å²) in [4.78, 5) is 26.2. The summed E-state index contributed by atoms with van der Waals surface area (Å²) in [5, 5.41) is 0.548. The van der Waals surface area contributed by atoms with Gasteiger partial charge in [-0.25, -0.2) is 0 Å². The fraction of sp³-hybridized carbons (Fsp3) is 0.200. The Morgan fingerprint density at radius 3 is 2.08 bits per heavy atom. The number of fused-ring (bicyclic) bond motifs is 2. The third-order valence-electron chi connectivity index (χ3n) is 4.70. The van der Waals surface area contributed by atoms with Crippen molar-refractivity contribution in [2.45, 2.75) is 19.8 Å². The molecule has 0 saturated heterocycles. The minimum atomic E-state index is -0.302. The number of Topliss-reactive ketones (excluding diaryl/α,β-unsaturated/α-hetero) is 2. The summed E-state index contributed by atoms with van der Waals surface area (Å²) in [5.41, 5.74) is 3.16. The maximum absolute atomic E-state index is 12.6. The van der Waals surface area contributed by atoms with Gasteiger partial charge < -0.3 is 4.57 Å². The molecule has 0 amide bonds. The van der Waals surface area contributed by atoms with Gasteiger partial charge in [0, 0.05) is 28.7 Å². The van der Waals surface area contributed by atoms with E-state index in [1.54, 1.807) is 17.4 Å². The van der Waals surface area contributed by atoms with Crippen molar-refractivity contribution in [3.8, 4) is 0 Å². The van der Waals surface area contributed by atoms with E-state index in [2.05, 4.69) is 24.5 Å². The molecule has 0 spiro atoms. The number of thiophene rings is 1. The minimum absolute atomic E-state index is 0.161. The highest BCUT2D eigenvalue weighted by molar-refractivity contribution is 7.19. The van der Waals surface area contributed by atoms with Crippen LogP contribution in [0, 0.1) is 0 Å². The molecule has 6 heteroatoms. The Balaban J connectivity index is 1.78. The Labute approximate surface area is 164 Å². The predicted octanol–water partition coefficient (Wildman–Crippen LogP) is 6.13. The highest BCUT2D eigenvalue weighted by atomic mass is 35.5. The van der Waals surface area contributed by atoms with Crippen LogP contribution in [-0.2, 0) is 7.05 Å². The monoisotopic (exact) mass is 403 g/mol. The van der Waals surface area contributed by atoms with Crippen LogP contribution in [0.2, 0.25) is 10.0 Å². The molecule has 2 heterocycles. The summed E-state index contributed by atoms with van der Waals surface area (Å²) in [7, 11) is 2.03. The Hall–Kier alpha value is -1.88. The highest BCUT2D eigenvalue weighted by Gasteiger charge is 2.34. The summed E-state index contributed by atoms with van der Waals surface area (Å²) in [6.45, 7) is 4.32. The van der Waals surface area contributed by atoms with Crippen molar-refractivity contribution in [3.05, 3.63) is 61.6 Å². The Morgan fingerprint density at radius 2 is 1.58 bits per heavy atom. The lowest BCUT2D eigenvalue weighted by atomic mass is 10.1. The third-order valence-corrected chi connectivity index (χ3v) is 6.44. The number of hydrogen-bond acceptors (Lipinski definition) is 3. The maximum atomic E-state index is 12.6. The van der Waals surface area contributed by atoms with E-state index in [4.69, 9.17) is 23.2 Å². The molecule has 1 aliphatic carbocycles. The zero-order valence-corrected chi connectivity index (χ0v) is 16.7. The summed E-state index contributed by atoms with van der Waals surface area (Å²) >= 11 is 13.6. The van der Waals surface area contributed by atoms with Crippen LogP contribution in [0.4, 0.5) is 0 Å². The molecular weight excluding hydrogens is 389 g/mol. The first-order valence-electron chi connectivity index (χ1n) is 8.17. The Bertz CT molecular complexity index is 1090. The summed E-state index contributed by atoms with van der Waals surface area (Å²) < 4.78 is 3.30. The van der Waals surface area contributed by atoms with E-state index in [1.165, 1.54) is 17.8 Å². The van der Waals surface area contributed by atoms with Gasteiger partial charge in [0.15, 0.2) is 11.6 Å². The van der Waals surface area contributed by atoms with Crippen LogP contribution in [0.5, 0.6) is 0 Å². The van der Waals surface area contributed by atoms with Crippen LogP contribution in [0.3, 0.4) is 0 Å². The maximum Gasteiger partial charge on any atom is 0.197 e. The smallest absolute Gasteiger partial charge is 0.197 e. The molecule has 0 unspecified atom stereocenters. The molecule has 132 valence electrons. The number of halogens is 2. The van der Waals surface area contributed by atoms with Crippen LogP contribution in [-0.4, -0.2) is 16.1 Å². The minimum Gasteiger partial charge on any atom is -0.347 e. The Kier molecular flexibility index (Phi) is 4.10. The fourth-order valence-electron chi connectivity index (χ4n) is 3.36. The van der Waals surface area contributed by atoms with Crippen LogP contribution in [0.25, 0.3) is 16.3 Å². The van der Waals surface area contributed by atoms with E-state index in [9.17, 15) is 9.59 Å². The van der Waals surface area contributed by atoms with Gasteiger partial charge in [0.1, 0.15) is 0 Å². The molecule has 4 rings (SSSR count). The van der Waals surface area contributed by atoms with Crippen LogP contribution < -0.4 is 0 Å². The summed E-state index contributed by atoms with van der Waals surface area (Å²) in [6, 6.07) is 7.13. The standard InChI is InChI=1S/C20H15Cl2NO2S/c1-9(2)16-8-18-17(23(16)3)5-10(26-18)4-13-19(24)11-6-14(21)15(22)7-12(11)20(13)25/h4-9H,1-3H3. The molecule has 0 radical (unpaired) electrons. The summed E-state index contributed by atoms with van der Waals surface area (Å²) in [6.07, 6.45) is 1.67. The number of carbonyl (C=O) groups excluding carboxylic acids is 2. The third kappa shape index (κ3) is 2.56. The van der Waals surface area contributed by atoms with E-state index < -0.39 is 0 Å². The predicted molar refractivity (Wildman–Crippen MR) is 108 cm³/mol. The zero-order valence-electron chi connectivity index (χ0n) is 14.4. The van der Waals surface area contributed by atoms with Crippen LogP contribution >= 0.6 is 34.5 Å². The normalized spacial score (nSPS) is 14.0. The Morgan fingerprint density at radius 1 is 1.00 bits per heavy atom. The average Bonchev–Trinajstić information content (AvgIpc) is 3.18. The van der Waals surface area contributed by atoms with E-state index in [-0.39, 0.29) is 27.2 Å². The van der Waals surface area contributed by atoms with Crippen molar-refractivity contribution >= 4 is 62.4 Å². The van der Waals surface area contributed by atoms with Gasteiger partial charge >= 0.3 is 0 Å². The first kappa shape index (κ1) is 17.5. The van der Waals surface area contributed by atoms with Gasteiger partial charge in [-0.15, -0.1) is 11.3 Å². The van der Waals surface area contributed by atoms with Crippen LogP contribution in [0.15, 0.2) is 29.8 Å². The van der Waals surface area contributed by atoms with Crippen molar-refractivity contribution in [3.63, 3.8) is 0 Å². The van der Waals surface area contributed by atoms with Gasteiger partial charge in [-0.3, -0.25) is 9.59 Å². The molecule has 0 aliphatic heterocycles. The second-order valence-corrected chi connectivity index (χ2v) is 8.64. The van der Waals surface area contributed by atoms with Crippen molar-refractivity contribution in [2.75, 3.05) is 0 Å². The average molecular weight is 404 g/mol. The van der Waals surface area contributed by atoms with E-state index in [0.29, 0.717) is 17.0 Å². The van der Waals surface area contributed by atoms with E-state index >= 15 is 0 Å². The highest BCUT2D eigenvalue weighted by Crippen LogP contribution is 2.36. The van der Waals surface area contributed by atoms with Crippen molar-refractivity contribution in [2.24, 2.45) is 7.05 Å². The lowest BCUT2D eigenvalue weighted by Gasteiger charge is -2.06. The van der Waals surface area contributed by atoms with Crippen molar-refractivity contribution in [1.82, 2.24) is 4.57 Å². The largest absolute Gasteiger partial charge is 0.347 e. The number of benzene rings is 1. The molecule has 3 aromatic rings. The number of ketones is 2. The SMILES string of the molecule is CC(C)c1cc2sc(C=C3C(=O)c4cc(Cl)c(Cl)cc4C3=O)cc2n1C. The number of aryl methyl sites for hydroxylation is 1. The van der Waals surface area contributed by atoms with Gasteiger partial charge in [0.25, 0.3) is 0 Å². The first-order valence-corrected chi connectivity index (χ1v) is 9.74. The lowest BCUT2D eigenvalue weighted by Crippen LogP contribution is -1.99. The number of nitrogens with zero attached hydrogens (tertiary/aromatic N) is 1. The van der Waals surface area contributed by atoms with Gasteiger partial charge in [0.2, 0.25) is 0 Å². The molecule has 26 heavy (non-hydrogen) atoms. The number of allylic oxidation sites excluding steroid dienone is 1. The molecular formula is C20H15Cl2NO2S. The number of carbonyl (C=O) groups is 2. The summed E-state index contributed by atoms with van der Waals surface area (Å²) in [5.74, 6) is -0.170. The molecule has 1 aliphatic rings. The topological polar surface area (TPSA) is 39.1 Å². The van der Waals surface area contributed by atoms with E-state index in [1.807, 2.05) is 13.1 Å². The van der Waals surface area contributed by atoms with Gasteiger partial charge in [0.05, 0.1) is 25.8 Å². The molecule has 0 N–H and O–H groups in total. The molecule has 3 nitrogen and oxygen atoms in total. The van der Waals surface area contributed by atoms with Gasteiger partial charge in [-0.2, -0.15) is 0 Å². The van der Waals surface area contributed by atoms with Crippen molar-refractivity contribution < 1.29 is 9.59 Å².